The Labute approximate surface area is 101 Å². The van der Waals surface area contributed by atoms with Gasteiger partial charge in [-0.1, -0.05) is 12.8 Å². The van der Waals surface area contributed by atoms with Crippen LogP contribution in [0.25, 0.3) is 0 Å². The summed E-state index contributed by atoms with van der Waals surface area (Å²) < 4.78 is 0. The third-order valence-electron chi connectivity index (χ3n) is 3.20. The van der Waals surface area contributed by atoms with Gasteiger partial charge in [0.15, 0.2) is 0 Å². The van der Waals surface area contributed by atoms with E-state index in [1.54, 1.807) is 6.07 Å². The van der Waals surface area contributed by atoms with Crippen molar-refractivity contribution in [1.82, 2.24) is 4.98 Å². The first-order valence-corrected chi connectivity index (χ1v) is 6.13. The predicted octanol–water partition coefficient (Wildman–Crippen LogP) is 2.47. The van der Waals surface area contributed by atoms with Gasteiger partial charge in [0.05, 0.1) is 5.56 Å². The number of pyridine rings is 1. The average Bonchev–Trinajstić information content (AvgIpc) is 2.57. The molecule has 17 heavy (non-hydrogen) atoms. The molecule has 92 valence electrons. The van der Waals surface area contributed by atoms with E-state index in [4.69, 9.17) is 5.11 Å². The summed E-state index contributed by atoms with van der Waals surface area (Å²) in [6.45, 7) is 3.99. The minimum absolute atomic E-state index is 0.265. The molecule has 0 aliphatic carbocycles. The fraction of sp³-hybridized carbons (Fsp3) is 0.538. The first-order chi connectivity index (χ1) is 8.18. The summed E-state index contributed by atoms with van der Waals surface area (Å²) in [6, 6.07) is 1.70. The van der Waals surface area contributed by atoms with Crippen molar-refractivity contribution in [3.8, 4) is 0 Å². The van der Waals surface area contributed by atoms with Crippen LogP contribution in [0.2, 0.25) is 0 Å². The molecule has 0 radical (unpaired) electrons. The molecule has 1 aromatic heterocycles. The van der Waals surface area contributed by atoms with Gasteiger partial charge >= 0.3 is 5.97 Å². The van der Waals surface area contributed by atoms with Gasteiger partial charge in [-0.2, -0.15) is 0 Å². The smallest absolute Gasteiger partial charge is 0.337 e. The minimum Gasteiger partial charge on any atom is -0.478 e. The third-order valence-corrected chi connectivity index (χ3v) is 3.20. The molecule has 1 aliphatic heterocycles. The van der Waals surface area contributed by atoms with Crippen molar-refractivity contribution < 1.29 is 9.90 Å². The Morgan fingerprint density at radius 3 is 2.47 bits per heavy atom. The maximum atomic E-state index is 10.8. The van der Waals surface area contributed by atoms with Gasteiger partial charge < -0.3 is 10.0 Å². The topological polar surface area (TPSA) is 53.4 Å². The van der Waals surface area contributed by atoms with Gasteiger partial charge in [-0.3, -0.25) is 0 Å². The molecular weight excluding hydrogens is 216 g/mol. The van der Waals surface area contributed by atoms with Crippen LogP contribution in [0.5, 0.6) is 0 Å². The lowest BCUT2D eigenvalue weighted by atomic mass is 10.2. The number of aromatic nitrogens is 1. The monoisotopic (exact) mass is 234 g/mol. The van der Waals surface area contributed by atoms with Crippen molar-refractivity contribution in [1.29, 1.82) is 0 Å². The number of anilines is 1. The van der Waals surface area contributed by atoms with Crippen LogP contribution in [-0.4, -0.2) is 29.1 Å². The third kappa shape index (κ3) is 2.75. The molecular formula is C13H18N2O2. The maximum absolute atomic E-state index is 10.8. The quantitative estimate of drug-likeness (QED) is 0.854. The van der Waals surface area contributed by atoms with Crippen LogP contribution in [0.1, 0.15) is 41.6 Å². The highest BCUT2D eigenvalue weighted by Crippen LogP contribution is 2.21. The van der Waals surface area contributed by atoms with E-state index >= 15 is 0 Å². The largest absolute Gasteiger partial charge is 0.478 e. The maximum Gasteiger partial charge on any atom is 0.337 e. The molecule has 1 aliphatic rings. The molecule has 4 nitrogen and oxygen atoms in total. The van der Waals surface area contributed by atoms with Gasteiger partial charge in [-0.15, -0.1) is 0 Å². The number of carboxylic acids is 1. The van der Waals surface area contributed by atoms with Crippen LogP contribution in [0.4, 0.5) is 5.82 Å². The molecule has 1 saturated heterocycles. The van der Waals surface area contributed by atoms with E-state index in [2.05, 4.69) is 9.88 Å². The standard InChI is InChI=1S/C13H18N2O2/c1-10-8-11(13(16)17)9-14-12(10)15-6-4-2-3-5-7-15/h8-9H,2-7H2,1H3,(H,16,17). The lowest BCUT2D eigenvalue weighted by Crippen LogP contribution is -2.25. The van der Waals surface area contributed by atoms with E-state index in [-0.39, 0.29) is 5.56 Å². The number of nitrogens with zero attached hydrogens (tertiary/aromatic N) is 2. The Bertz CT molecular complexity index is 410. The molecule has 0 atom stereocenters. The van der Waals surface area contributed by atoms with E-state index in [9.17, 15) is 4.79 Å². The van der Waals surface area contributed by atoms with E-state index in [0.29, 0.717) is 0 Å². The normalized spacial score (nSPS) is 16.6. The summed E-state index contributed by atoms with van der Waals surface area (Å²) in [5.74, 6) is 0.0277. The molecule has 1 aromatic rings. The molecule has 2 heterocycles. The SMILES string of the molecule is Cc1cc(C(=O)O)cnc1N1CCCCCC1. The molecule has 0 aromatic carbocycles. The van der Waals surface area contributed by atoms with E-state index in [0.717, 1.165) is 24.5 Å². The molecule has 0 bridgehead atoms. The van der Waals surface area contributed by atoms with Crippen LogP contribution in [0.15, 0.2) is 12.3 Å². The van der Waals surface area contributed by atoms with Gasteiger partial charge in [0.1, 0.15) is 5.82 Å². The van der Waals surface area contributed by atoms with Gasteiger partial charge in [0.25, 0.3) is 0 Å². The molecule has 0 unspecified atom stereocenters. The fourth-order valence-corrected chi connectivity index (χ4v) is 2.30. The molecule has 0 saturated carbocycles. The van der Waals surface area contributed by atoms with Crippen molar-refractivity contribution >= 4 is 11.8 Å². The number of aryl methyl sites for hydroxylation is 1. The molecule has 0 amide bonds. The summed E-state index contributed by atoms with van der Waals surface area (Å²) in [5, 5.41) is 8.90. The summed E-state index contributed by atoms with van der Waals surface area (Å²) in [5.41, 5.74) is 1.22. The van der Waals surface area contributed by atoms with Gasteiger partial charge in [-0.25, -0.2) is 9.78 Å². The highest BCUT2D eigenvalue weighted by Gasteiger charge is 2.14. The lowest BCUT2D eigenvalue weighted by Gasteiger charge is -2.23. The van der Waals surface area contributed by atoms with Gasteiger partial charge in [0.2, 0.25) is 0 Å². The number of carboxylic acid groups (broad SMARTS) is 1. The van der Waals surface area contributed by atoms with Crippen LogP contribution >= 0.6 is 0 Å². The van der Waals surface area contributed by atoms with Crippen molar-refractivity contribution in [2.75, 3.05) is 18.0 Å². The number of aromatic carboxylic acids is 1. The zero-order chi connectivity index (χ0) is 12.3. The van der Waals surface area contributed by atoms with Crippen LogP contribution < -0.4 is 4.90 Å². The second kappa shape index (κ2) is 5.17. The summed E-state index contributed by atoms with van der Waals surface area (Å²) in [7, 11) is 0. The second-order valence-electron chi connectivity index (χ2n) is 4.57. The Morgan fingerprint density at radius 2 is 1.94 bits per heavy atom. The number of carbonyl (C=O) groups is 1. The summed E-state index contributed by atoms with van der Waals surface area (Å²) in [4.78, 5) is 17.4. The minimum atomic E-state index is -0.914. The summed E-state index contributed by atoms with van der Waals surface area (Å²) in [6.07, 6.45) is 6.41. The van der Waals surface area contributed by atoms with Crippen LogP contribution in [0.3, 0.4) is 0 Å². The summed E-state index contributed by atoms with van der Waals surface area (Å²) >= 11 is 0. The molecule has 1 N–H and O–H groups in total. The zero-order valence-corrected chi connectivity index (χ0v) is 10.1. The zero-order valence-electron chi connectivity index (χ0n) is 10.1. The molecule has 2 rings (SSSR count). The van der Waals surface area contributed by atoms with Crippen LogP contribution in [-0.2, 0) is 0 Å². The van der Waals surface area contributed by atoms with E-state index in [1.807, 2.05) is 6.92 Å². The Hall–Kier alpha value is -1.58. The molecule has 1 fully saturated rings. The number of rotatable bonds is 2. The highest BCUT2D eigenvalue weighted by atomic mass is 16.4. The average molecular weight is 234 g/mol. The van der Waals surface area contributed by atoms with E-state index < -0.39 is 5.97 Å². The van der Waals surface area contributed by atoms with Gasteiger partial charge in [-0.05, 0) is 31.4 Å². The fourth-order valence-electron chi connectivity index (χ4n) is 2.30. The molecule has 4 heteroatoms. The first-order valence-electron chi connectivity index (χ1n) is 6.13. The van der Waals surface area contributed by atoms with Crippen molar-refractivity contribution in [3.63, 3.8) is 0 Å². The Morgan fingerprint density at radius 1 is 1.29 bits per heavy atom. The van der Waals surface area contributed by atoms with Crippen molar-refractivity contribution in [3.05, 3.63) is 23.4 Å². The Kier molecular flexibility index (Phi) is 3.61. The van der Waals surface area contributed by atoms with E-state index in [1.165, 1.54) is 31.9 Å². The van der Waals surface area contributed by atoms with Gasteiger partial charge in [0, 0.05) is 19.3 Å². The molecule has 0 spiro atoms. The van der Waals surface area contributed by atoms with Crippen molar-refractivity contribution in [2.24, 2.45) is 0 Å². The second-order valence-corrected chi connectivity index (χ2v) is 4.57. The van der Waals surface area contributed by atoms with Crippen molar-refractivity contribution in [2.45, 2.75) is 32.6 Å². The first kappa shape index (κ1) is 11.9. The number of hydrogen-bond acceptors (Lipinski definition) is 3. The number of hydrogen-bond donors (Lipinski definition) is 1. The lowest BCUT2D eigenvalue weighted by molar-refractivity contribution is 0.0696. The predicted molar refractivity (Wildman–Crippen MR) is 66.6 cm³/mol. The van der Waals surface area contributed by atoms with Crippen LogP contribution in [0, 0.1) is 6.92 Å². The highest BCUT2D eigenvalue weighted by molar-refractivity contribution is 5.87. The Balaban J connectivity index is 2.22.